The molecule has 0 saturated heterocycles. The van der Waals surface area contributed by atoms with E-state index in [0.717, 1.165) is 108 Å². The summed E-state index contributed by atoms with van der Waals surface area (Å²) >= 11 is 0. The topological polar surface area (TPSA) is 88.1 Å². The van der Waals surface area contributed by atoms with E-state index in [9.17, 15) is 14.4 Å². The number of hydrogen-bond acceptors (Lipinski definition) is 7. The number of carbonyl (C=O) groups excluding carboxylic acids is 3. The van der Waals surface area contributed by atoms with Gasteiger partial charge in [0.1, 0.15) is 11.5 Å². The van der Waals surface area contributed by atoms with Gasteiger partial charge in [-0.25, -0.2) is 0 Å². The Bertz CT molecular complexity index is 1060. The molecule has 3 fully saturated rings. The van der Waals surface area contributed by atoms with Crippen molar-refractivity contribution in [1.29, 1.82) is 0 Å². The van der Waals surface area contributed by atoms with Crippen LogP contribution in [0.1, 0.15) is 155 Å². The van der Waals surface area contributed by atoms with Gasteiger partial charge < -0.3 is 18.9 Å². The summed E-state index contributed by atoms with van der Waals surface area (Å²) in [6.07, 6.45) is 25.4. The SMILES string of the molecule is CCCCCC1CCC(C2CCC(C(=O)Oc3ccc(OC(=O)C4CCC(OCCCCCCCCOC(C)=O)CC4)cc3)CC2)CC1. The van der Waals surface area contributed by atoms with Gasteiger partial charge in [0.15, 0.2) is 0 Å². The van der Waals surface area contributed by atoms with Gasteiger partial charge in [0.05, 0.1) is 24.5 Å². The maximum absolute atomic E-state index is 13.0. The van der Waals surface area contributed by atoms with Gasteiger partial charge in [-0.3, -0.25) is 14.4 Å². The first-order valence-corrected chi connectivity index (χ1v) is 19.7. The predicted octanol–water partition coefficient (Wildman–Crippen LogP) is 10.2. The second-order valence-corrected chi connectivity index (χ2v) is 15.0. The van der Waals surface area contributed by atoms with E-state index in [1.807, 2.05) is 0 Å². The molecule has 0 N–H and O–H groups in total. The standard InChI is InChI=1S/C41H64O7/c1-3-4-9-12-32-13-15-33(16-14-32)34-17-19-35(20-18-34)40(43)47-38-25-27-39(28-26-38)48-41(44)36-21-23-37(24-22-36)46-30-11-8-6-5-7-10-29-45-31(2)42/h25-28,32-37H,3-24,29-30H2,1-2H3. The fourth-order valence-corrected chi connectivity index (χ4v) is 8.27. The number of benzene rings is 1. The van der Waals surface area contributed by atoms with E-state index in [1.54, 1.807) is 24.3 Å². The van der Waals surface area contributed by atoms with E-state index in [-0.39, 0.29) is 35.8 Å². The molecule has 7 heteroatoms. The summed E-state index contributed by atoms with van der Waals surface area (Å²) < 4.78 is 22.5. The van der Waals surface area contributed by atoms with Crippen LogP contribution in [0.5, 0.6) is 11.5 Å². The molecule has 3 aliphatic rings. The molecule has 7 nitrogen and oxygen atoms in total. The van der Waals surface area contributed by atoms with Gasteiger partial charge in [-0.15, -0.1) is 0 Å². The number of esters is 3. The van der Waals surface area contributed by atoms with Gasteiger partial charge in [0, 0.05) is 13.5 Å². The molecule has 0 spiro atoms. The summed E-state index contributed by atoms with van der Waals surface area (Å²) in [6, 6.07) is 6.92. The molecule has 270 valence electrons. The fraction of sp³-hybridized carbons (Fsp3) is 0.780. The minimum absolute atomic E-state index is 0.0147. The van der Waals surface area contributed by atoms with Gasteiger partial charge in [-0.05, 0) is 119 Å². The van der Waals surface area contributed by atoms with Gasteiger partial charge >= 0.3 is 17.9 Å². The van der Waals surface area contributed by atoms with Gasteiger partial charge in [0.2, 0.25) is 0 Å². The Morgan fingerprint density at radius 2 is 1.06 bits per heavy atom. The average molecular weight is 669 g/mol. The maximum Gasteiger partial charge on any atom is 0.314 e. The zero-order valence-electron chi connectivity index (χ0n) is 30.1. The van der Waals surface area contributed by atoms with Crippen LogP contribution in [0.25, 0.3) is 0 Å². The van der Waals surface area contributed by atoms with Gasteiger partial charge in [-0.2, -0.15) is 0 Å². The lowest BCUT2D eigenvalue weighted by molar-refractivity contribution is -0.142. The highest BCUT2D eigenvalue weighted by atomic mass is 16.5. The fourth-order valence-electron chi connectivity index (χ4n) is 8.27. The molecule has 1 aromatic rings. The number of ether oxygens (including phenoxy) is 4. The predicted molar refractivity (Wildman–Crippen MR) is 189 cm³/mol. The Hall–Kier alpha value is -2.41. The number of hydrogen-bond donors (Lipinski definition) is 0. The molecule has 0 aliphatic heterocycles. The van der Waals surface area contributed by atoms with E-state index in [0.29, 0.717) is 18.1 Å². The van der Waals surface area contributed by atoms with Crippen molar-refractivity contribution in [2.45, 2.75) is 161 Å². The summed E-state index contributed by atoms with van der Waals surface area (Å²) in [7, 11) is 0. The van der Waals surface area contributed by atoms with Crippen molar-refractivity contribution in [3.8, 4) is 11.5 Å². The van der Waals surface area contributed by atoms with Crippen molar-refractivity contribution in [3.05, 3.63) is 24.3 Å². The van der Waals surface area contributed by atoms with E-state index in [2.05, 4.69) is 6.92 Å². The molecular formula is C41H64O7. The molecule has 0 aromatic heterocycles. The highest BCUT2D eigenvalue weighted by Crippen LogP contribution is 2.42. The van der Waals surface area contributed by atoms with E-state index in [4.69, 9.17) is 18.9 Å². The number of rotatable bonds is 19. The van der Waals surface area contributed by atoms with E-state index < -0.39 is 0 Å². The summed E-state index contributed by atoms with van der Waals surface area (Å²) in [4.78, 5) is 36.6. The molecular weight excluding hydrogens is 604 g/mol. The molecule has 1 aromatic carbocycles. The normalized spacial score (nSPS) is 26.0. The van der Waals surface area contributed by atoms with Crippen molar-refractivity contribution < 1.29 is 33.3 Å². The molecule has 3 aliphatic carbocycles. The van der Waals surface area contributed by atoms with Crippen molar-refractivity contribution >= 4 is 17.9 Å². The summed E-state index contributed by atoms with van der Waals surface area (Å²) in [5.41, 5.74) is 0. The Kier molecular flexibility index (Phi) is 17.3. The third-order valence-corrected chi connectivity index (χ3v) is 11.3. The minimum Gasteiger partial charge on any atom is -0.466 e. The second-order valence-electron chi connectivity index (χ2n) is 15.0. The second kappa shape index (κ2) is 21.6. The molecule has 48 heavy (non-hydrogen) atoms. The minimum atomic E-state index is -0.203. The molecule has 0 bridgehead atoms. The van der Waals surface area contributed by atoms with Crippen molar-refractivity contribution in [2.75, 3.05) is 13.2 Å². The van der Waals surface area contributed by atoms with Crippen molar-refractivity contribution in [2.24, 2.45) is 29.6 Å². The lowest BCUT2D eigenvalue weighted by Crippen LogP contribution is -2.30. The van der Waals surface area contributed by atoms with Crippen LogP contribution in [0, 0.1) is 29.6 Å². The van der Waals surface area contributed by atoms with Crippen LogP contribution in [-0.4, -0.2) is 37.2 Å². The molecule has 0 amide bonds. The molecule has 0 unspecified atom stereocenters. The highest BCUT2D eigenvalue weighted by molar-refractivity contribution is 5.76. The third-order valence-electron chi connectivity index (χ3n) is 11.3. The van der Waals surface area contributed by atoms with Gasteiger partial charge in [-0.1, -0.05) is 71.1 Å². The van der Waals surface area contributed by atoms with Gasteiger partial charge in [0.25, 0.3) is 0 Å². The summed E-state index contributed by atoms with van der Waals surface area (Å²) in [5.74, 6) is 2.95. The lowest BCUT2D eigenvalue weighted by atomic mass is 9.68. The molecule has 3 saturated carbocycles. The molecule has 0 heterocycles. The first kappa shape index (κ1) is 38.4. The van der Waals surface area contributed by atoms with Crippen LogP contribution in [0.4, 0.5) is 0 Å². The Balaban J connectivity index is 1.04. The maximum atomic E-state index is 13.0. The Labute approximate surface area is 290 Å². The van der Waals surface area contributed by atoms with E-state index in [1.165, 1.54) is 64.7 Å². The highest BCUT2D eigenvalue weighted by Gasteiger charge is 2.34. The zero-order chi connectivity index (χ0) is 34.0. The first-order valence-electron chi connectivity index (χ1n) is 19.7. The molecule has 0 radical (unpaired) electrons. The van der Waals surface area contributed by atoms with Crippen LogP contribution in [0.15, 0.2) is 24.3 Å². The van der Waals surface area contributed by atoms with Crippen molar-refractivity contribution in [3.63, 3.8) is 0 Å². The summed E-state index contributed by atoms with van der Waals surface area (Å²) in [6.45, 7) is 5.03. The van der Waals surface area contributed by atoms with Crippen molar-refractivity contribution in [1.82, 2.24) is 0 Å². The van der Waals surface area contributed by atoms with Crippen LogP contribution in [0.2, 0.25) is 0 Å². The quantitative estimate of drug-likeness (QED) is 0.0823. The molecule has 0 atom stereocenters. The van der Waals surface area contributed by atoms with Crippen LogP contribution in [0.3, 0.4) is 0 Å². The average Bonchev–Trinajstić information content (AvgIpc) is 3.10. The number of unbranched alkanes of at least 4 members (excludes halogenated alkanes) is 7. The Morgan fingerprint density at radius 1 is 0.583 bits per heavy atom. The van der Waals surface area contributed by atoms with Crippen LogP contribution >= 0.6 is 0 Å². The van der Waals surface area contributed by atoms with Crippen LogP contribution in [-0.2, 0) is 23.9 Å². The largest absolute Gasteiger partial charge is 0.466 e. The summed E-state index contributed by atoms with van der Waals surface area (Å²) in [5, 5.41) is 0. The third kappa shape index (κ3) is 13.8. The monoisotopic (exact) mass is 668 g/mol. The Morgan fingerprint density at radius 3 is 1.58 bits per heavy atom. The van der Waals surface area contributed by atoms with Crippen LogP contribution < -0.4 is 9.47 Å². The van der Waals surface area contributed by atoms with E-state index >= 15 is 0 Å². The smallest absolute Gasteiger partial charge is 0.314 e. The first-order chi connectivity index (χ1) is 23.4. The number of carbonyl (C=O) groups is 3. The zero-order valence-corrected chi connectivity index (χ0v) is 30.1. The molecule has 4 rings (SSSR count). The lowest BCUT2D eigenvalue weighted by Gasteiger charge is -2.37.